The minimum atomic E-state index is -0.139. The van der Waals surface area contributed by atoms with Gasteiger partial charge in [-0.2, -0.15) is 0 Å². The molecule has 0 spiro atoms. The van der Waals surface area contributed by atoms with Crippen LogP contribution in [0, 0.1) is 10.8 Å². The molecule has 3 heteroatoms. The first-order chi connectivity index (χ1) is 7.66. The van der Waals surface area contributed by atoms with Crippen molar-refractivity contribution in [2.75, 3.05) is 0 Å². The third-order valence-electron chi connectivity index (χ3n) is 2.47. The van der Waals surface area contributed by atoms with Gasteiger partial charge in [-0.15, -0.1) is 0 Å². The SMILES string of the molecule is CC.CC(C)(C)/C=C/C1(C(C)(C)C)C=NOS1. The Hall–Kier alpha value is -0.440. The monoisotopic (exact) mass is 257 g/mol. The number of allylic oxidation sites excluding steroid dienone is 1. The van der Waals surface area contributed by atoms with Crippen molar-refractivity contribution in [3.63, 3.8) is 0 Å². The Morgan fingerprint density at radius 2 is 1.65 bits per heavy atom. The van der Waals surface area contributed by atoms with Gasteiger partial charge in [0, 0.05) is 0 Å². The molecule has 1 heterocycles. The summed E-state index contributed by atoms with van der Waals surface area (Å²) in [6, 6.07) is 0. The molecule has 0 bridgehead atoms. The predicted octanol–water partition coefficient (Wildman–Crippen LogP) is 5.06. The molecule has 0 radical (unpaired) electrons. The normalized spacial score (nSPS) is 24.5. The van der Waals surface area contributed by atoms with E-state index in [1.807, 2.05) is 20.1 Å². The maximum atomic E-state index is 5.09. The van der Waals surface area contributed by atoms with Crippen molar-refractivity contribution in [2.24, 2.45) is 16.0 Å². The van der Waals surface area contributed by atoms with E-state index in [0.29, 0.717) is 0 Å². The Bertz CT molecular complexity index is 284. The second-order valence-electron chi connectivity index (χ2n) is 6.13. The van der Waals surface area contributed by atoms with Crippen molar-refractivity contribution in [2.45, 2.75) is 60.1 Å². The van der Waals surface area contributed by atoms with Crippen molar-refractivity contribution in [1.82, 2.24) is 0 Å². The zero-order chi connectivity index (χ0) is 13.7. The fourth-order valence-electron chi connectivity index (χ4n) is 1.22. The van der Waals surface area contributed by atoms with Gasteiger partial charge in [-0.3, -0.25) is 0 Å². The van der Waals surface area contributed by atoms with Crippen LogP contribution in [-0.2, 0) is 4.28 Å². The van der Waals surface area contributed by atoms with Gasteiger partial charge in [0.25, 0.3) is 0 Å². The van der Waals surface area contributed by atoms with E-state index >= 15 is 0 Å². The van der Waals surface area contributed by atoms with Crippen molar-refractivity contribution in [1.29, 1.82) is 0 Å². The Kier molecular flexibility index (Phi) is 5.79. The Balaban J connectivity index is 0.00000121. The minimum absolute atomic E-state index is 0.0966. The first kappa shape index (κ1) is 16.6. The van der Waals surface area contributed by atoms with E-state index in [-0.39, 0.29) is 15.6 Å². The molecule has 0 aliphatic carbocycles. The highest BCUT2D eigenvalue weighted by Crippen LogP contribution is 2.46. The van der Waals surface area contributed by atoms with Crippen LogP contribution in [0.25, 0.3) is 0 Å². The van der Waals surface area contributed by atoms with Crippen LogP contribution in [0.2, 0.25) is 0 Å². The molecule has 0 N–H and O–H groups in total. The standard InChI is InChI=1S/C12H21NOS.C2H6/c1-10(2,3)7-8-12(11(4,5)6)9-13-14-15-12;1-2/h7-9H,1-6H3;1-2H3/b8-7+;. The minimum Gasteiger partial charge on any atom is -0.321 e. The van der Waals surface area contributed by atoms with Gasteiger partial charge in [0.05, 0.1) is 6.21 Å². The molecule has 1 aliphatic rings. The van der Waals surface area contributed by atoms with Crippen LogP contribution in [0.1, 0.15) is 55.4 Å². The van der Waals surface area contributed by atoms with Gasteiger partial charge >= 0.3 is 0 Å². The van der Waals surface area contributed by atoms with Crippen molar-refractivity contribution in [3.8, 4) is 0 Å². The van der Waals surface area contributed by atoms with Crippen LogP contribution >= 0.6 is 12.0 Å². The van der Waals surface area contributed by atoms with Gasteiger partial charge in [0.1, 0.15) is 16.8 Å². The molecule has 0 aromatic carbocycles. The van der Waals surface area contributed by atoms with Gasteiger partial charge < -0.3 is 4.28 Å². The molecular weight excluding hydrogens is 230 g/mol. The second kappa shape index (κ2) is 5.94. The lowest BCUT2D eigenvalue weighted by molar-refractivity contribution is 0.381. The van der Waals surface area contributed by atoms with Crippen LogP contribution in [-0.4, -0.2) is 11.0 Å². The molecule has 1 rings (SSSR count). The molecule has 0 aromatic rings. The topological polar surface area (TPSA) is 21.6 Å². The Morgan fingerprint density at radius 1 is 1.12 bits per heavy atom. The number of hydrogen-bond acceptors (Lipinski definition) is 3. The quantitative estimate of drug-likeness (QED) is 0.483. The summed E-state index contributed by atoms with van der Waals surface area (Å²) >= 11 is 1.43. The van der Waals surface area contributed by atoms with E-state index in [1.54, 1.807) is 0 Å². The van der Waals surface area contributed by atoms with Crippen LogP contribution in [0.3, 0.4) is 0 Å². The fourth-order valence-corrected chi connectivity index (χ4v) is 1.89. The number of oxime groups is 1. The smallest absolute Gasteiger partial charge is 0.118 e. The van der Waals surface area contributed by atoms with Crippen LogP contribution in [0.4, 0.5) is 0 Å². The summed E-state index contributed by atoms with van der Waals surface area (Å²) in [5.74, 6) is 0. The highest BCUT2D eigenvalue weighted by atomic mass is 32.2. The Morgan fingerprint density at radius 3 is 1.94 bits per heavy atom. The van der Waals surface area contributed by atoms with Crippen molar-refractivity contribution in [3.05, 3.63) is 12.2 Å². The van der Waals surface area contributed by atoms with Gasteiger partial charge in [-0.25, -0.2) is 0 Å². The third kappa shape index (κ3) is 4.74. The Labute approximate surface area is 111 Å². The predicted molar refractivity (Wildman–Crippen MR) is 79.3 cm³/mol. The van der Waals surface area contributed by atoms with Crippen LogP contribution in [0.15, 0.2) is 17.3 Å². The fraction of sp³-hybridized carbons (Fsp3) is 0.786. The lowest BCUT2D eigenvalue weighted by Crippen LogP contribution is -2.37. The maximum absolute atomic E-state index is 5.09. The number of hydrogen-bond donors (Lipinski definition) is 0. The zero-order valence-corrected chi connectivity index (χ0v) is 13.3. The average molecular weight is 257 g/mol. The first-order valence-corrected chi connectivity index (χ1v) is 7.00. The summed E-state index contributed by atoms with van der Waals surface area (Å²) in [6.07, 6.45) is 6.35. The van der Waals surface area contributed by atoms with Gasteiger partial charge in [-0.1, -0.05) is 72.7 Å². The maximum Gasteiger partial charge on any atom is 0.118 e. The molecular formula is C14H27NOS. The van der Waals surface area contributed by atoms with Gasteiger partial charge in [0.15, 0.2) is 0 Å². The highest BCUT2D eigenvalue weighted by molar-refractivity contribution is 7.97. The first-order valence-electron chi connectivity index (χ1n) is 6.26. The number of rotatable bonds is 1. The second-order valence-corrected chi connectivity index (χ2v) is 7.13. The van der Waals surface area contributed by atoms with Gasteiger partial charge in [-0.05, 0) is 10.8 Å². The van der Waals surface area contributed by atoms with Gasteiger partial charge in [0.2, 0.25) is 0 Å². The van der Waals surface area contributed by atoms with Crippen molar-refractivity contribution < 1.29 is 4.28 Å². The summed E-state index contributed by atoms with van der Waals surface area (Å²) in [6.45, 7) is 17.2. The molecule has 0 saturated heterocycles. The van der Waals surface area contributed by atoms with E-state index in [1.165, 1.54) is 12.0 Å². The van der Waals surface area contributed by atoms with E-state index in [4.69, 9.17) is 4.28 Å². The van der Waals surface area contributed by atoms with Crippen LogP contribution < -0.4 is 0 Å². The molecule has 0 aromatic heterocycles. The zero-order valence-electron chi connectivity index (χ0n) is 12.5. The molecule has 1 unspecified atom stereocenters. The summed E-state index contributed by atoms with van der Waals surface area (Å²) in [7, 11) is 0. The molecule has 0 saturated carbocycles. The third-order valence-corrected chi connectivity index (χ3v) is 3.76. The highest BCUT2D eigenvalue weighted by Gasteiger charge is 2.44. The number of nitrogens with zero attached hydrogens (tertiary/aromatic N) is 1. The lowest BCUT2D eigenvalue weighted by Gasteiger charge is -2.34. The average Bonchev–Trinajstić information content (AvgIpc) is 2.65. The molecule has 2 nitrogen and oxygen atoms in total. The van der Waals surface area contributed by atoms with E-state index in [9.17, 15) is 0 Å². The summed E-state index contributed by atoms with van der Waals surface area (Å²) < 4.78 is 4.95. The molecule has 100 valence electrons. The van der Waals surface area contributed by atoms with Crippen molar-refractivity contribution >= 4 is 18.3 Å². The molecule has 0 amide bonds. The lowest BCUT2D eigenvalue weighted by atomic mass is 9.79. The molecule has 0 fully saturated rings. The summed E-state index contributed by atoms with van der Waals surface area (Å²) in [5, 5.41) is 3.89. The molecule has 1 aliphatic heterocycles. The van der Waals surface area contributed by atoms with E-state index in [2.05, 4.69) is 58.9 Å². The largest absolute Gasteiger partial charge is 0.321 e. The summed E-state index contributed by atoms with van der Waals surface area (Å²) in [4.78, 5) is 0. The van der Waals surface area contributed by atoms with Crippen LogP contribution in [0.5, 0.6) is 0 Å². The van der Waals surface area contributed by atoms with E-state index in [0.717, 1.165) is 0 Å². The molecule has 17 heavy (non-hydrogen) atoms. The summed E-state index contributed by atoms with van der Waals surface area (Å²) in [5.41, 5.74) is 0.286. The molecule has 1 atom stereocenters. The van der Waals surface area contributed by atoms with E-state index < -0.39 is 0 Å².